The number of terminal acetylenes is 1. The second kappa shape index (κ2) is 11.4. The molecular formula is C31H24F4N4O3. The van der Waals surface area contributed by atoms with Crippen LogP contribution in [0.4, 0.5) is 17.6 Å². The standard InChI is InChI=1S/C31H24F4N4O3/c1-3-18-8-10-23-24(12-18)29(27-25(32)6-5-7-26(27)42-16-31(33,34)35)36-14-20-15-39(38-28(20)23)17-37-21-9-11-22(30(40)41)19(4-2)13-21/h1,4-13,15,19,22,37H,2,14,16-17H2,(H,40,41). The van der Waals surface area contributed by atoms with Crippen molar-refractivity contribution in [3.05, 3.63) is 107 Å². The lowest BCUT2D eigenvalue weighted by molar-refractivity contribution is -0.153. The van der Waals surface area contributed by atoms with E-state index in [2.05, 4.69) is 22.8 Å². The van der Waals surface area contributed by atoms with Crippen LogP contribution in [-0.2, 0) is 18.0 Å². The van der Waals surface area contributed by atoms with Gasteiger partial charge in [-0.15, -0.1) is 13.0 Å². The molecule has 2 heterocycles. The first-order valence-corrected chi connectivity index (χ1v) is 12.8. The Morgan fingerprint density at radius 3 is 2.81 bits per heavy atom. The molecular weight excluding hydrogens is 552 g/mol. The minimum atomic E-state index is -4.62. The third-order valence-corrected chi connectivity index (χ3v) is 6.82. The SMILES string of the molecule is C#Cc1ccc2c(c1)C(c1c(F)cccc1OCC(F)(F)F)=NCc1cn(CNC3=CC(C=C)C(C(=O)O)C=C3)nc1-2. The number of hydrogen-bond acceptors (Lipinski definition) is 5. The second-order valence-corrected chi connectivity index (χ2v) is 9.62. The molecule has 0 radical (unpaired) electrons. The number of fused-ring (bicyclic) bond motifs is 3. The van der Waals surface area contributed by atoms with Crippen molar-refractivity contribution in [2.75, 3.05) is 6.61 Å². The van der Waals surface area contributed by atoms with Crippen molar-refractivity contribution in [1.29, 1.82) is 0 Å². The van der Waals surface area contributed by atoms with Crippen LogP contribution < -0.4 is 10.1 Å². The van der Waals surface area contributed by atoms with Gasteiger partial charge in [0.1, 0.15) is 18.2 Å². The maximum absolute atomic E-state index is 15.2. The zero-order chi connectivity index (χ0) is 30.0. The molecule has 2 aromatic carbocycles. The van der Waals surface area contributed by atoms with Gasteiger partial charge in [-0.2, -0.15) is 18.3 Å². The summed E-state index contributed by atoms with van der Waals surface area (Å²) in [6, 6.07) is 8.69. The fourth-order valence-corrected chi connectivity index (χ4v) is 4.85. The number of allylic oxidation sites excluding steroid dienone is 3. The molecule has 1 aliphatic heterocycles. The number of halogens is 4. The van der Waals surface area contributed by atoms with E-state index in [1.54, 1.807) is 53.4 Å². The predicted molar refractivity (Wildman–Crippen MR) is 148 cm³/mol. The van der Waals surface area contributed by atoms with Crippen LogP contribution in [0.1, 0.15) is 22.3 Å². The highest BCUT2D eigenvalue weighted by molar-refractivity contribution is 6.18. The number of benzene rings is 2. The molecule has 2 N–H and O–H groups in total. The molecule has 2 atom stereocenters. The summed E-state index contributed by atoms with van der Waals surface area (Å²) < 4.78 is 60.7. The molecule has 1 aliphatic carbocycles. The van der Waals surface area contributed by atoms with E-state index in [0.29, 0.717) is 33.6 Å². The fourth-order valence-electron chi connectivity index (χ4n) is 4.85. The first-order valence-electron chi connectivity index (χ1n) is 12.8. The van der Waals surface area contributed by atoms with E-state index in [1.807, 2.05) is 0 Å². The third-order valence-electron chi connectivity index (χ3n) is 6.82. The molecule has 42 heavy (non-hydrogen) atoms. The number of carbonyl (C=O) groups is 1. The van der Waals surface area contributed by atoms with Crippen molar-refractivity contribution in [2.24, 2.45) is 16.8 Å². The van der Waals surface area contributed by atoms with Gasteiger partial charge >= 0.3 is 12.1 Å². The summed E-state index contributed by atoms with van der Waals surface area (Å²) in [6.45, 7) is 2.42. The van der Waals surface area contributed by atoms with Gasteiger partial charge in [-0.3, -0.25) is 14.5 Å². The molecule has 3 aromatic rings. The largest absolute Gasteiger partial charge is 0.483 e. The number of hydrogen-bond donors (Lipinski definition) is 2. The molecule has 2 aliphatic rings. The zero-order valence-electron chi connectivity index (χ0n) is 22.0. The number of rotatable bonds is 8. The van der Waals surface area contributed by atoms with Crippen molar-refractivity contribution in [1.82, 2.24) is 15.1 Å². The Morgan fingerprint density at radius 1 is 1.29 bits per heavy atom. The number of carboxylic acids is 1. The lowest BCUT2D eigenvalue weighted by Gasteiger charge is -2.20. The molecule has 1 aromatic heterocycles. The monoisotopic (exact) mass is 576 g/mol. The molecule has 0 fully saturated rings. The normalized spacial score (nSPS) is 17.6. The average molecular weight is 577 g/mol. The van der Waals surface area contributed by atoms with Gasteiger partial charge in [-0.25, -0.2) is 4.39 Å². The van der Waals surface area contributed by atoms with Gasteiger partial charge < -0.3 is 15.2 Å². The van der Waals surface area contributed by atoms with Crippen molar-refractivity contribution in [2.45, 2.75) is 19.4 Å². The minimum absolute atomic E-state index is 0.0548. The zero-order valence-corrected chi connectivity index (χ0v) is 22.0. The van der Waals surface area contributed by atoms with Gasteiger partial charge in [0, 0.05) is 40.1 Å². The van der Waals surface area contributed by atoms with E-state index in [1.165, 1.54) is 12.1 Å². The highest BCUT2D eigenvalue weighted by atomic mass is 19.4. The second-order valence-electron chi connectivity index (χ2n) is 9.62. The van der Waals surface area contributed by atoms with E-state index < -0.39 is 30.5 Å². The highest BCUT2D eigenvalue weighted by Crippen LogP contribution is 2.36. The van der Waals surface area contributed by atoms with Crippen LogP contribution in [0.15, 0.2) is 84.2 Å². The number of alkyl halides is 3. The molecule has 0 spiro atoms. The Balaban J connectivity index is 1.49. The van der Waals surface area contributed by atoms with Gasteiger partial charge in [-0.05, 0) is 30.3 Å². The number of aromatic nitrogens is 2. The lowest BCUT2D eigenvalue weighted by atomic mass is 9.87. The van der Waals surface area contributed by atoms with Crippen LogP contribution in [-0.4, -0.2) is 39.4 Å². The average Bonchev–Trinajstić information content (AvgIpc) is 3.31. The van der Waals surface area contributed by atoms with Crippen molar-refractivity contribution in [3.63, 3.8) is 0 Å². The summed E-state index contributed by atoms with van der Waals surface area (Å²) in [5.74, 6) is -0.579. The van der Waals surface area contributed by atoms with Gasteiger partial charge in [0.05, 0.1) is 29.4 Å². The van der Waals surface area contributed by atoms with Gasteiger partial charge in [0.15, 0.2) is 6.61 Å². The van der Waals surface area contributed by atoms with Crippen LogP contribution in [0, 0.1) is 30.0 Å². The topological polar surface area (TPSA) is 88.7 Å². The Hall–Kier alpha value is -5.11. The fraction of sp³-hybridized carbons (Fsp3) is 0.194. The summed E-state index contributed by atoms with van der Waals surface area (Å²) in [5, 5.41) is 17.3. The van der Waals surface area contributed by atoms with Crippen LogP contribution in [0.5, 0.6) is 5.75 Å². The minimum Gasteiger partial charge on any atom is -0.483 e. The van der Waals surface area contributed by atoms with E-state index in [4.69, 9.17) is 16.3 Å². The molecule has 2 unspecified atom stereocenters. The summed E-state index contributed by atoms with van der Waals surface area (Å²) in [5.41, 5.74) is 3.27. The molecule has 5 rings (SSSR count). The first kappa shape index (κ1) is 28.4. The summed E-state index contributed by atoms with van der Waals surface area (Å²) in [7, 11) is 0. The summed E-state index contributed by atoms with van der Waals surface area (Å²) in [6.07, 6.45) is 9.40. The molecule has 0 saturated heterocycles. The van der Waals surface area contributed by atoms with Crippen LogP contribution in [0.3, 0.4) is 0 Å². The number of aliphatic imine (C=N–C) groups is 1. The smallest absolute Gasteiger partial charge is 0.422 e. The first-order chi connectivity index (χ1) is 20.1. The van der Waals surface area contributed by atoms with Gasteiger partial charge in [0.2, 0.25) is 0 Å². The van der Waals surface area contributed by atoms with E-state index >= 15 is 4.39 Å². The molecule has 7 nitrogen and oxygen atoms in total. The Bertz CT molecular complexity index is 1690. The Kier molecular flexibility index (Phi) is 7.72. The summed E-state index contributed by atoms with van der Waals surface area (Å²) >= 11 is 0. The maximum Gasteiger partial charge on any atom is 0.422 e. The van der Waals surface area contributed by atoms with Gasteiger partial charge in [0.25, 0.3) is 0 Å². The number of nitrogens with zero attached hydrogens (tertiary/aromatic N) is 3. The number of ether oxygens (including phenoxy) is 1. The van der Waals surface area contributed by atoms with E-state index in [0.717, 1.165) is 6.07 Å². The number of carboxylic acid groups (broad SMARTS) is 1. The van der Waals surface area contributed by atoms with Crippen molar-refractivity contribution in [3.8, 4) is 29.4 Å². The van der Waals surface area contributed by atoms with Gasteiger partial charge in [-0.1, -0.05) is 36.3 Å². The van der Waals surface area contributed by atoms with E-state index in [9.17, 15) is 23.1 Å². The van der Waals surface area contributed by atoms with Crippen molar-refractivity contribution < 1.29 is 32.2 Å². The third kappa shape index (κ3) is 5.83. The molecule has 0 amide bonds. The maximum atomic E-state index is 15.2. The van der Waals surface area contributed by atoms with Crippen molar-refractivity contribution >= 4 is 11.7 Å². The quantitative estimate of drug-likeness (QED) is 0.211. The highest BCUT2D eigenvalue weighted by Gasteiger charge is 2.31. The number of nitrogens with one attached hydrogen (secondary N) is 1. The Morgan fingerprint density at radius 2 is 2.10 bits per heavy atom. The Labute approximate surface area is 238 Å². The molecule has 0 bridgehead atoms. The van der Waals surface area contributed by atoms with Crippen LogP contribution in [0.25, 0.3) is 11.3 Å². The summed E-state index contributed by atoms with van der Waals surface area (Å²) in [4.78, 5) is 16.1. The van der Waals surface area contributed by atoms with E-state index in [-0.39, 0.29) is 36.2 Å². The molecule has 11 heteroatoms. The molecule has 214 valence electrons. The predicted octanol–water partition coefficient (Wildman–Crippen LogP) is 5.47. The van der Waals surface area contributed by atoms with Crippen LogP contribution >= 0.6 is 0 Å². The van der Waals surface area contributed by atoms with Crippen LogP contribution in [0.2, 0.25) is 0 Å². The number of aliphatic carboxylic acids is 1. The lowest BCUT2D eigenvalue weighted by Crippen LogP contribution is -2.25. The molecule has 0 saturated carbocycles.